The molecular formula is C18H22N2O3S. The Labute approximate surface area is 143 Å². The largest absolute Gasteiger partial charge is 0.368 e. The Kier molecular flexibility index (Phi) is 4.99. The van der Waals surface area contributed by atoms with Gasteiger partial charge in [0.2, 0.25) is 5.91 Å². The number of hydrogen-bond acceptors (Lipinski definition) is 3. The fourth-order valence-electron chi connectivity index (χ4n) is 2.83. The summed E-state index contributed by atoms with van der Waals surface area (Å²) in [7, 11) is -3.89. The summed E-state index contributed by atoms with van der Waals surface area (Å²) in [5, 5.41) is 0. The van der Waals surface area contributed by atoms with Crippen LogP contribution in [0.4, 0.5) is 5.69 Å². The number of benzene rings is 2. The Morgan fingerprint density at radius 1 is 0.958 bits per heavy atom. The highest BCUT2D eigenvalue weighted by Gasteiger charge is 2.28. The molecule has 2 N–H and O–H groups in total. The van der Waals surface area contributed by atoms with E-state index < -0.39 is 22.5 Å². The molecule has 1 amide bonds. The van der Waals surface area contributed by atoms with Gasteiger partial charge in [-0.2, -0.15) is 0 Å². The van der Waals surface area contributed by atoms with Gasteiger partial charge < -0.3 is 5.73 Å². The number of primary amides is 1. The summed E-state index contributed by atoms with van der Waals surface area (Å²) in [5.74, 6) is -0.704. The Balaban J connectivity index is 2.65. The van der Waals surface area contributed by atoms with Crippen LogP contribution in [0.15, 0.2) is 41.3 Å². The number of nitrogens with two attached hydrogens (primary N) is 1. The van der Waals surface area contributed by atoms with Crippen LogP contribution >= 0.6 is 0 Å². The average Bonchev–Trinajstić information content (AvgIpc) is 2.45. The van der Waals surface area contributed by atoms with Crippen LogP contribution in [0.3, 0.4) is 0 Å². The van der Waals surface area contributed by atoms with Crippen LogP contribution in [0.25, 0.3) is 0 Å². The van der Waals surface area contributed by atoms with Crippen LogP contribution in [0, 0.1) is 27.7 Å². The number of carbonyl (C=O) groups is 1. The molecule has 24 heavy (non-hydrogen) atoms. The van der Waals surface area contributed by atoms with E-state index in [1.807, 2.05) is 39.8 Å². The van der Waals surface area contributed by atoms with E-state index in [2.05, 4.69) is 0 Å². The lowest BCUT2D eigenvalue weighted by atomic mass is 10.1. The molecule has 5 nitrogen and oxygen atoms in total. The van der Waals surface area contributed by atoms with Gasteiger partial charge in [0.15, 0.2) is 0 Å². The van der Waals surface area contributed by atoms with E-state index in [0.29, 0.717) is 5.69 Å². The maximum atomic E-state index is 13.1. The van der Waals surface area contributed by atoms with E-state index in [0.717, 1.165) is 26.6 Å². The van der Waals surface area contributed by atoms with Crippen LogP contribution in [0.1, 0.15) is 22.3 Å². The van der Waals surface area contributed by atoms with Crippen molar-refractivity contribution in [3.8, 4) is 0 Å². The average molecular weight is 346 g/mol. The van der Waals surface area contributed by atoms with E-state index in [-0.39, 0.29) is 4.90 Å². The molecule has 0 saturated carbocycles. The third-order valence-corrected chi connectivity index (χ3v) is 5.55. The Hall–Kier alpha value is -2.34. The molecule has 2 aromatic rings. The van der Waals surface area contributed by atoms with E-state index in [1.54, 1.807) is 12.1 Å². The zero-order valence-corrected chi connectivity index (χ0v) is 15.1. The van der Waals surface area contributed by atoms with Crippen molar-refractivity contribution in [2.45, 2.75) is 32.6 Å². The first-order valence-corrected chi connectivity index (χ1v) is 9.02. The summed E-state index contributed by atoms with van der Waals surface area (Å²) in [4.78, 5) is 11.7. The van der Waals surface area contributed by atoms with Crippen molar-refractivity contribution >= 4 is 21.6 Å². The second-order valence-corrected chi connectivity index (χ2v) is 7.90. The summed E-state index contributed by atoms with van der Waals surface area (Å²) in [6.45, 7) is 7.07. The predicted molar refractivity (Wildman–Crippen MR) is 95.6 cm³/mol. The zero-order valence-electron chi connectivity index (χ0n) is 14.3. The standard InChI is InChI=1S/C18H22N2O3S/c1-12-5-7-16(8-6-12)24(22,23)20(11-17(19)21)18-14(3)9-13(2)10-15(18)4/h5-10H,11H2,1-4H3,(H2,19,21). The van der Waals surface area contributed by atoms with E-state index in [4.69, 9.17) is 5.73 Å². The molecule has 0 aliphatic heterocycles. The number of rotatable bonds is 5. The van der Waals surface area contributed by atoms with Crippen LogP contribution in [-0.2, 0) is 14.8 Å². The lowest BCUT2D eigenvalue weighted by Crippen LogP contribution is -2.39. The van der Waals surface area contributed by atoms with Gasteiger partial charge in [-0.1, -0.05) is 35.4 Å². The van der Waals surface area contributed by atoms with E-state index in [1.165, 1.54) is 12.1 Å². The van der Waals surface area contributed by atoms with Gasteiger partial charge in [-0.05, 0) is 51.0 Å². The molecule has 0 aromatic heterocycles. The molecule has 0 bridgehead atoms. The quantitative estimate of drug-likeness (QED) is 0.903. The molecule has 0 spiro atoms. The monoisotopic (exact) mass is 346 g/mol. The first-order valence-electron chi connectivity index (χ1n) is 7.58. The third kappa shape index (κ3) is 3.59. The number of anilines is 1. The van der Waals surface area contributed by atoms with Crippen molar-refractivity contribution < 1.29 is 13.2 Å². The molecule has 2 rings (SSSR count). The maximum Gasteiger partial charge on any atom is 0.264 e. The number of amides is 1. The van der Waals surface area contributed by atoms with Crippen molar-refractivity contribution in [1.29, 1.82) is 0 Å². The predicted octanol–water partition coefficient (Wildman–Crippen LogP) is 2.60. The number of nitrogens with zero attached hydrogens (tertiary/aromatic N) is 1. The van der Waals surface area contributed by atoms with Gasteiger partial charge in [0.25, 0.3) is 10.0 Å². The van der Waals surface area contributed by atoms with Crippen LogP contribution < -0.4 is 10.0 Å². The summed E-state index contributed by atoms with van der Waals surface area (Å²) in [6.07, 6.45) is 0. The highest BCUT2D eigenvalue weighted by Crippen LogP contribution is 2.31. The third-order valence-electron chi connectivity index (χ3n) is 3.79. The van der Waals surface area contributed by atoms with Gasteiger partial charge in [-0.3, -0.25) is 9.10 Å². The second kappa shape index (κ2) is 6.65. The van der Waals surface area contributed by atoms with Gasteiger partial charge in [-0.15, -0.1) is 0 Å². The Morgan fingerprint density at radius 3 is 1.92 bits per heavy atom. The van der Waals surface area contributed by atoms with Gasteiger partial charge in [-0.25, -0.2) is 8.42 Å². The smallest absolute Gasteiger partial charge is 0.264 e. The second-order valence-electron chi connectivity index (χ2n) is 6.04. The summed E-state index contributed by atoms with van der Waals surface area (Å²) >= 11 is 0. The van der Waals surface area contributed by atoms with Crippen molar-refractivity contribution in [1.82, 2.24) is 0 Å². The molecule has 0 aliphatic carbocycles. The number of aryl methyl sites for hydroxylation is 4. The van der Waals surface area contributed by atoms with Crippen molar-refractivity contribution in [3.05, 3.63) is 58.7 Å². The molecule has 128 valence electrons. The molecule has 2 aromatic carbocycles. The molecule has 0 heterocycles. The van der Waals surface area contributed by atoms with Crippen LogP contribution in [0.5, 0.6) is 0 Å². The SMILES string of the molecule is Cc1ccc(S(=O)(=O)N(CC(N)=O)c2c(C)cc(C)cc2C)cc1. The minimum absolute atomic E-state index is 0.133. The number of sulfonamides is 1. The fraction of sp³-hybridized carbons (Fsp3) is 0.278. The number of carbonyl (C=O) groups excluding carboxylic acids is 1. The van der Waals surface area contributed by atoms with Crippen molar-refractivity contribution in [2.75, 3.05) is 10.8 Å². The zero-order chi connectivity index (χ0) is 18.1. The summed E-state index contributed by atoms with van der Waals surface area (Å²) in [5.41, 5.74) is 9.36. The number of hydrogen-bond donors (Lipinski definition) is 1. The van der Waals surface area contributed by atoms with E-state index in [9.17, 15) is 13.2 Å². The minimum atomic E-state index is -3.89. The molecule has 0 unspecified atom stereocenters. The van der Waals surface area contributed by atoms with Gasteiger partial charge >= 0.3 is 0 Å². The highest BCUT2D eigenvalue weighted by atomic mass is 32.2. The first-order chi connectivity index (χ1) is 11.1. The van der Waals surface area contributed by atoms with Crippen LogP contribution in [0.2, 0.25) is 0 Å². The topological polar surface area (TPSA) is 80.5 Å². The Bertz CT molecular complexity index is 849. The van der Waals surface area contributed by atoms with Crippen molar-refractivity contribution in [2.24, 2.45) is 5.73 Å². The van der Waals surface area contributed by atoms with Gasteiger partial charge in [0, 0.05) is 0 Å². The van der Waals surface area contributed by atoms with Crippen molar-refractivity contribution in [3.63, 3.8) is 0 Å². The summed E-state index contributed by atoms with van der Waals surface area (Å²) < 4.78 is 27.3. The fourth-order valence-corrected chi connectivity index (χ4v) is 4.39. The van der Waals surface area contributed by atoms with Gasteiger partial charge in [0.05, 0.1) is 10.6 Å². The maximum absolute atomic E-state index is 13.1. The lowest BCUT2D eigenvalue weighted by Gasteiger charge is -2.27. The molecule has 0 saturated heterocycles. The lowest BCUT2D eigenvalue weighted by molar-refractivity contribution is -0.116. The molecule has 0 aliphatic rings. The Morgan fingerprint density at radius 2 is 1.46 bits per heavy atom. The molecule has 6 heteroatoms. The molecular weight excluding hydrogens is 324 g/mol. The summed E-state index contributed by atoms with van der Waals surface area (Å²) in [6, 6.07) is 10.3. The molecule has 0 fully saturated rings. The molecule has 0 atom stereocenters. The van der Waals surface area contributed by atoms with E-state index >= 15 is 0 Å². The normalized spacial score (nSPS) is 11.3. The van der Waals surface area contributed by atoms with Gasteiger partial charge in [0.1, 0.15) is 6.54 Å². The first kappa shape index (κ1) is 18.0. The minimum Gasteiger partial charge on any atom is -0.368 e. The molecule has 0 radical (unpaired) electrons. The highest BCUT2D eigenvalue weighted by molar-refractivity contribution is 7.92. The van der Waals surface area contributed by atoms with Crippen LogP contribution in [-0.4, -0.2) is 20.9 Å².